The molecule has 0 amide bonds. The van der Waals surface area contributed by atoms with E-state index >= 15 is 4.39 Å². The van der Waals surface area contributed by atoms with E-state index in [1.54, 1.807) is 4.57 Å². The van der Waals surface area contributed by atoms with E-state index in [1.165, 1.54) is 18.2 Å². The fourth-order valence-electron chi connectivity index (χ4n) is 4.93. The Balaban J connectivity index is 1.75. The number of aromatic carboxylic acids is 1. The first-order valence-electron chi connectivity index (χ1n) is 10.3. The molecule has 0 bridgehead atoms. The summed E-state index contributed by atoms with van der Waals surface area (Å²) in [5.41, 5.74) is 4.98. The van der Waals surface area contributed by atoms with Crippen molar-refractivity contribution in [3.63, 3.8) is 0 Å². The molecule has 3 unspecified atom stereocenters. The Morgan fingerprint density at radius 3 is 2.72 bits per heavy atom. The van der Waals surface area contributed by atoms with Gasteiger partial charge in [0.1, 0.15) is 17.9 Å². The van der Waals surface area contributed by atoms with Gasteiger partial charge in [-0.3, -0.25) is 4.79 Å². The maximum atomic E-state index is 15.5. The molecule has 1 aromatic heterocycles. The molecule has 2 saturated heterocycles. The number of carboxylic acids is 1. The zero-order valence-corrected chi connectivity index (χ0v) is 17.2. The van der Waals surface area contributed by atoms with E-state index in [-0.39, 0.29) is 34.9 Å². The maximum absolute atomic E-state index is 15.5. The summed E-state index contributed by atoms with van der Waals surface area (Å²) in [6.07, 6.45) is 1.50. The van der Waals surface area contributed by atoms with Crippen LogP contribution in [-0.2, 0) is 4.74 Å². The predicted octanol–water partition coefficient (Wildman–Crippen LogP) is 2.12. The van der Waals surface area contributed by atoms with Crippen LogP contribution in [0.4, 0.5) is 18.9 Å². The number of alkyl halides is 2. The van der Waals surface area contributed by atoms with Gasteiger partial charge in [-0.05, 0) is 18.9 Å². The van der Waals surface area contributed by atoms with E-state index in [4.69, 9.17) is 15.2 Å². The third kappa shape index (κ3) is 3.14. The molecule has 8 nitrogen and oxygen atoms in total. The van der Waals surface area contributed by atoms with Crippen molar-refractivity contribution in [3.05, 3.63) is 33.9 Å². The molecule has 0 radical (unpaired) electrons. The average molecular weight is 453 g/mol. The van der Waals surface area contributed by atoms with E-state index in [0.29, 0.717) is 0 Å². The second kappa shape index (κ2) is 7.11. The van der Waals surface area contributed by atoms with Crippen LogP contribution in [0.15, 0.2) is 17.1 Å². The van der Waals surface area contributed by atoms with Gasteiger partial charge in [-0.2, -0.15) is 0 Å². The van der Waals surface area contributed by atoms with Gasteiger partial charge in [0.2, 0.25) is 5.43 Å². The molecule has 172 valence electrons. The number of rotatable bonds is 4. The van der Waals surface area contributed by atoms with Gasteiger partial charge in [-0.1, -0.05) is 0 Å². The molecule has 11 heteroatoms. The quantitative estimate of drug-likeness (QED) is 0.730. The van der Waals surface area contributed by atoms with Gasteiger partial charge in [0.25, 0.3) is 5.92 Å². The van der Waals surface area contributed by atoms with Crippen molar-refractivity contribution in [1.82, 2.24) is 4.57 Å². The van der Waals surface area contributed by atoms with E-state index in [2.05, 4.69) is 0 Å². The van der Waals surface area contributed by atoms with Crippen LogP contribution in [0.2, 0.25) is 0 Å². The van der Waals surface area contributed by atoms with Crippen LogP contribution in [0.3, 0.4) is 0 Å². The molecule has 2 aliphatic heterocycles. The Morgan fingerprint density at radius 2 is 2.09 bits per heavy atom. The summed E-state index contributed by atoms with van der Waals surface area (Å²) in [7, 11) is 1.30. The lowest BCUT2D eigenvalue weighted by Crippen LogP contribution is -2.50. The standard InChI is InChI=1S/C21H22F3N3O5/c1-31-19-15-10(17(28)11(20(29)30)6-26(15)9-2-3-9)4-12(22)16(19)27-7-13(25)18-14(27)5-21(23,24)8-32-18/h4,6,9,13-14,18H,2-3,5,7-8,25H2,1H3,(H,29,30). The number of aromatic nitrogens is 1. The number of carbonyl (C=O) groups is 1. The summed E-state index contributed by atoms with van der Waals surface area (Å²) in [6.45, 7) is -0.683. The summed E-state index contributed by atoms with van der Waals surface area (Å²) in [6, 6.07) is -0.606. The predicted molar refractivity (Wildman–Crippen MR) is 108 cm³/mol. The summed E-state index contributed by atoms with van der Waals surface area (Å²) >= 11 is 0. The first kappa shape index (κ1) is 21.1. The van der Waals surface area contributed by atoms with Crippen LogP contribution in [0.1, 0.15) is 35.7 Å². The van der Waals surface area contributed by atoms with Gasteiger partial charge in [0.15, 0.2) is 11.6 Å². The molecule has 3 aliphatic rings. The summed E-state index contributed by atoms with van der Waals surface area (Å²) in [4.78, 5) is 25.8. The molecule has 1 aromatic carbocycles. The first-order chi connectivity index (χ1) is 15.1. The lowest BCUT2D eigenvalue weighted by atomic mass is 9.98. The Labute approximate surface area is 180 Å². The van der Waals surface area contributed by atoms with Gasteiger partial charge in [-0.25, -0.2) is 18.0 Å². The number of anilines is 1. The van der Waals surface area contributed by atoms with Gasteiger partial charge < -0.3 is 29.8 Å². The highest BCUT2D eigenvalue weighted by Crippen LogP contribution is 2.47. The molecule has 0 spiro atoms. The number of carboxylic acid groups (broad SMARTS) is 1. The number of fused-ring (bicyclic) bond motifs is 2. The van der Waals surface area contributed by atoms with E-state index < -0.39 is 59.9 Å². The third-order valence-electron chi connectivity index (χ3n) is 6.46. The highest BCUT2D eigenvalue weighted by Gasteiger charge is 2.52. The zero-order chi connectivity index (χ0) is 22.9. The molecule has 1 aliphatic carbocycles. The number of ether oxygens (including phenoxy) is 2. The van der Waals surface area contributed by atoms with Crippen LogP contribution in [0.5, 0.6) is 5.75 Å². The minimum Gasteiger partial charge on any atom is -0.492 e. The number of benzene rings is 1. The number of halogens is 3. The molecule has 1 saturated carbocycles. The molecule has 3 heterocycles. The Kier molecular flexibility index (Phi) is 4.68. The van der Waals surface area contributed by atoms with Gasteiger partial charge in [-0.15, -0.1) is 0 Å². The third-order valence-corrected chi connectivity index (χ3v) is 6.46. The molecule has 2 aromatic rings. The monoisotopic (exact) mass is 453 g/mol. The fourth-order valence-corrected chi connectivity index (χ4v) is 4.93. The number of hydrogen-bond acceptors (Lipinski definition) is 6. The van der Waals surface area contributed by atoms with Crippen molar-refractivity contribution in [3.8, 4) is 5.75 Å². The fraction of sp³-hybridized carbons (Fsp3) is 0.524. The van der Waals surface area contributed by atoms with E-state index in [0.717, 1.165) is 18.9 Å². The minimum absolute atomic E-state index is 0.0114. The number of pyridine rings is 1. The Morgan fingerprint density at radius 1 is 1.38 bits per heavy atom. The van der Waals surface area contributed by atoms with Gasteiger partial charge >= 0.3 is 5.97 Å². The Hall–Kier alpha value is -2.79. The second-order valence-corrected chi connectivity index (χ2v) is 8.67. The zero-order valence-electron chi connectivity index (χ0n) is 17.2. The Bertz CT molecular complexity index is 1180. The van der Waals surface area contributed by atoms with Gasteiger partial charge in [0, 0.05) is 25.2 Å². The maximum Gasteiger partial charge on any atom is 0.341 e. The number of methoxy groups -OCH3 is 1. The first-order valence-corrected chi connectivity index (χ1v) is 10.3. The molecular weight excluding hydrogens is 431 g/mol. The highest BCUT2D eigenvalue weighted by molar-refractivity contribution is 5.97. The molecule has 32 heavy (non-hydrogen) atoms. The summed E-state index contributed by atoms with van der Waals surface area (Å²) in [5.74, 6) is -5.39. The normalized spacial score (nSPS) is 26.9. The highest BCUT2D eigenvalue weighted by atomic mass is 19.3. The van der Waals surface area contributed by atoms with E-state index in [1.807, 2.05) is 0 Å². The molecular formula is C21H22F3N3O5. The van der Waals surface area contributed by atoms with Crippen molar-refractivity contribution in [2.24, 2.45) is 5.73 Å². The van der Waals surface area contributed by atoms with Crippen LogP contribution in [0.25, 0.3) is 10.9 Å². The second-order valence-electron chi connectivity index (χ2n) is 8.67. The van der Waals surface area contributed by atoms with Crippen LogP contribution in [-0.4, -0.2) is 60.0 Å². The van der Waals surface area contributed by atoms with Crippen LogP contribution >= 0.6 is 0 Å². The molecule has 3 atom stereocenters. The van der Waals surface area contributed by atoms with Crippen molar-refractivity contribution in [2.45, 2.75) is 49.4 Å². The van der Waals surface area contributed by atoms with Crippen LogP contribution < -0.4 is 20.8 Å². The van der Waals surface area contributed by atoms with E-state index in [9.17, 15) is 23.5 Å². The smallest absolute Gasteiger partial charge is 0.341 e. The lowest BCUT2D eigenvalue weighted by Gasteiger charge is -2.37. The molecule has 3 N–H and O–H groups in total. The largest absolute Gasteiger partial charge is 0.492 e. The number of nitrogens with zero attached hydrogens (tertiary/aromatic N) is 2. The van der Waals surface area contributed by atoms with Gasteiger partial charge in [0.05, 0.1) is 36.2 Å². The van der Waals surface area contributed by atoms with Crippen molar-refractivity contribution in [2.75, 3.05) is 25.2 Å². The summed E-state index contributed by atoms with van der Waals surface area (Å²) < 4.78 is 56.2. The van der Waals surface area contributed by atoms with Crippen molar-refractivity contribution in [1.29, 1.82) is 0 Å². The van der Waals surface area contributed by atoms with Crippen molar-refractivity contribution < 1.29 is 32.5 Å². The molecule has 3 fully saturated rings. The van der Waals surface area contributed by atoms with Crippen molar-refractivity contribution >= 4 is 22.6 Å². The molecule has 5 rings (SSSR count). The van der Waals surface area contributed by atoms with Crippen LogP contribution in [0, 0.1) is 5.82 Å². The SMILES string of the molecule is COc1c(N2CC(N)C3OCC(F)(F)CC32)c(F)cc2c(=O)c(C(=O)O)cn(C3CC3)c12. The number of hydrogen-bond donors (Lipinski definition) is 2. The topological polar surface area (TPSA) is 107 Å². The average Bonchev–Trinajstić information content (AvgIpc) is 3.51. The lowest BCUT2D eigenvalue weighted by molar-refractivity contribution is -0.147. The summed E-state index contributed by atoms with van der Waals surface area (Å²) in [5, 5.41) is 9.30. The minimum atomic E-state index is -3.09. The number of nitrogens with two attached hydrogens (primary N) is 1.